The fourth-order valence-corrected chi connectivity index (χ4v) is 3.01. The van der Waals surface area contributed by atoms with Crippen molar-refractivity contribution >= 4 is 29.7 Å². The number of nitrogens with zero attached hydrogens (tertiary/aromatic N) is 3. The molecule has 0 spiro atoms. The van der Waals surface area contributed by atoms with Crippen LogP contribution in [0, 0.1) is 6.92 Å². The monoisotopic (exact) mass is 378 g/mol. The first kappa shape index (κ1) is 17.6. The minimum atomic E-state index is -3.91. The van der Waals surface area contributed by atoms with Gasteiger partial charge in [0, 0.05) is 0 Å². The average molecular weight is 378 g/mol. The molecular weight excluding hydrogens is 363 g/mol. The van der Waals surface area contributed by atoms with E-state index in [4.69, 9.17) is 14.5 Å². The maximum Gasteiger partial charge on any atom is 0.321 e. The number of aryl methyl sites for hydroxylation is 1. The molecule has 4 atom stereocenters. The van der Waals surface area contributed by atoms with E-state index in [9.17, 15) is 15.0 Å². The molecule has 2 aromatic rings. The Labute approximate surface area is 139 Å². The Morgan fingerprint density at radius 1 is 1.46 bits per heavy atom. The van der Waals surface area contributed by atoms with E-state index in [-0.39, 0.29) is 11.2 Å². The molecule has 0 radical (unpaired) electrons. The molecule has 0 saturated carbocycles. The maximum atomic E-state index is 11.8. The van der Waals surface area contributed by atoms with Gasteiger partial charge in [0.1, 0.15) is 24.1 Å². The second kappa shape index (κ2) is 6.24. The molecule has 0 aliphatic carbocycles. The zero-order valence-corrected chi connectivity index (χ0v) is 14.0. The van der Waals surface area contributed by atoms with Crippen LogP contribution in [-0.4, -0.2) is 64.4 Å². The molecule has 3 rings (SSSR count). The van der Waals surface area contributed by atoms with Crippen molar-refractivity contribution in [3.63, 3.8) is 0 Å². The summed E-state index contributed by atoms with van der Waals surface area (Å²) in [7, 11) is 0. The largest absolute Gasteiger partial charge is 0.387 e. The molecule has 5 N–H and O–H groups in total. The number of aliphatic hydroxyl groups is 2. The van der Waals surface area contributed by atoms with Gasteiger partial charge < -0.3 is 34.2 Å². The number of aromatic amines is 1. The minimum absolute atomic E-state index is 0.0619. The highest BCUT2D eigenvalue weighted by Crippen LogP contribution is 2.39. The van der Waals surface area contributed by atoms with Crippen molar-refractivity contribution < 1.29 is 29.3 Å². The summed E-state index contributed by atoms with van der Waals surface area (Å²) in [4.78, 5) is 40.6. The standard InChI is InChI=1S/C11H15N4O7PS/c1-4-13-9-6(10(18)14-4)12-3-15(9)11-8(17)7(16)5(22-11)2-21-23(19,20)24/h3,5,7-8,11,16-17H,2H2,1H3,(H,13,14,18)(H2,19,20,24)/t5-,7-,8-,11-/m1/s1. The number of fused-ring (bicyclic) bond motifs is 1. The van der Waals surface area contributed by atoms with E-state index in [0.717, 1.165) is 0 Å². The Morgan fingerprint density at radius 3 is 2.83 bits per heavy atom. The zero-order chi connectivity index (χ0) is 17.6. The number of hydrogen-bond acceptors (Lipinski definition) is 8. The van der Waals surface area contributed by atoms with Crippen LogP contribution in [0.4, 0.5) is 0 Å². The first-order valence-corrected chi connectivity index (χ1v) is 9.45. The second-order valence-corrected chi connectivity index (χ2v) is 7.97. The number of aliphatic hydroxyl groups excluding tert-OH is 2. The van der Waals surface area contributed by atoms with Gasteiger partial charge in [-0.05, 0) is 18.7 Å². The number of aromatic nitrogens is 4. The van der Waals surface area contributed by atoms with Crippen LogP contribution < -0.4 is 5.56 Å². The molecule has 1 aliphatic heterocycles. The third-order valence-corrected chi connectivity index (χ3v) is 4.37. The average Bonchev–Trinajstić information content (AvgIpc) is 3.00. The van der Waals surface area contributed by atoms with Crippen LogP contribution in [0.5, 0.6) is 0 Å². The van der Waals surface area contributed by atoms with Crippen molar-refractivity contribution in [3.05, 3.63) is 22.5 Å². The Kier molecular flexibility index (Phi) is 4.57. The van der Waals surface area contributed by atoms with Gasteiger partial charge >= 0.3 is 6.72 Å². The molecule has 1 saturated heterocycles. The van der Waals surface area contributed by atoms with Gasteiger partial charge in [0.2, 0.25) is 0 Å². The predicted octanol–water partition coefficient (Wildman–Crippen LogP) is -1.73. The molecule has 132 valence electrons. The van der Waals surface area contributed by atoms with Crippen LogP contribution in [0.3, 0.4) is 0 Å². The summed E-state index contributed by atoms with van der Waals surface area (Å²) >= 11 is 4.33. The quantitative estimate of drug-likeness (QED) is 0.386. The topological polar surface area (TPSA) is 163 Å². The lowest BCUT2D eigenvalue weighted by molar-refractivity contribution is -0.0487. The van der Waals surface area contributed by atoms with Gasteiger partial charge in [0.15, 0.2) is 17.4 Å². The summed E-state index contributed by atoms with van der Waals surface area (Å²) < 4.78 is 11.5. The fourth-order valence-electron chi connectivity index (χ4n) is 2.49. The summed E-state index contributed by atoms with van der Waals surface area (Å²) in [6.07, 6.45) is -3.60. The van der Waals surface area contributed by atoms with E-state index < -0.39 is 43.4 Å². The van der Waals surface area contributed by atoms with Crippen molar-refractivity contribution in [2.24, 2.45) is 0 Å². The van der Waals surface area contributed by atoms with Crippen LogP contribution in [0.2, 0.25) is 0 Å². The molecule has 0 amide bonds. The molecule has 1 aliphatic rings. The maximum absolute atomic E-state index is 11.8. The lowest BCUT2D eigenvalue weighted by atomic mass is 10.1. The third-order valence-electron chi connectivity index (χ3n) is 3.57. The molecule has 0 bridgehead atoms. The molecule has 24 heavy (non-hydrogen) atoms. The van der Waals surface area contributed by atoms with Crippen molar-refractivity contribution in [1.29, 1.82) is 0 Å². The Morgan fingerprint density at radius 2 is 2.17 bits per heavy atom. The lowest BCUT2D eigenvalue weighted by Gasteiger charge is -2.17. The molecule has 1 fully saturated rings. The summed E-state index contributed by atoms with van der Waals surface area (Å²) in [5.74, 6) is 0.350. The first-order chi connectivity index (χ1) is 11.2. The van der Waals surface area contributed by atoms with E-state index >= 15 is 0 Å². The van der Waals surface area contributed by atoms with Crippen LogP contribution in [0.1, 0.15) is 12.1 Å². The lowest BCUT2D eigenvalue weighted by Crippen LogP contribution is -2.33. The van der Waals surface area contributed by atoms with Gasteiger partial charge in [0.05, 0.1) is 12.9 Å². The Balaban J connectivity index is 1.90. The van der Waals surface area contributed by atoms with Crippen molar-refractivity contribution in [2.45, 2.75) is 31.5 Å². The van der Waals surface area contributed by atoms with E-state index in [1.165, 1.54) is 10.9 Å². The van der Waals surface area contributed by atoms with Crippen molar-refractivity contribution in [3.8, 4) is 0 Å². The molecular formula is C11H15N4O7PS. The number of nitrogens with one attached hydrogen (secondary N) is 1. The smallest absolute Gasteiger partial charge is 0.321 e. The third kappa shape index (κ3) is 3.27. The van der Waals surface area contributed by atoms with Crippen LogP contribution in [0.25, 0.3) is 11.2 Å². The van der Waals surface area contributed by atoms with Crippen molar-refractivity contribution in [1.82, 2.24) is 19.5 Å². The summed E-state index contributed by atoms with van der Waals surface area (Å²) in [6, 6.07) is 0. The second-order valence-electron chi connectivity index (χ2n) is 5.31. The molecule has 13 heteroatoms. The molecule has 3 heterocycles. The van der Waals surface area contributed by atoms with Gasteiger partial charge in [-0.3, -0.25) is 9.36 Å². The molecule has 0 unspecified atom stereocenters. The number of hydrogen-bond donors (Lipinski definition) is 5. The van der Waals surface area contributed by atoms with E-state index in [1.807, 2.05) is 0 Å². The molecule has 2 aromatic heterocycles. The zero-order valence-electron chi connectivity index (χ0n) is 12.3. The van der Waals surface area contributed by atoms with E-state index in [2.05, 4.69) is 31.3 Å². The van der Waals surface area contributed by atoms with Gasteiger partial charge in [-0.1, -0.05) is 0 Å². The summed E-state index contributed by atoms with van der Waals surface area (Å²) in [5.41, 5.74) is -0.194. The SMILES string of the molecule is Cc1nc2c(ncn2[C@@H]2O[C@H](COP(O)(O)=S)[C@@H](O)[C@H]2O)c(=O)[nH]1. The van der Waals surface area contributed by atoms with E-state index in [0.29, 0.717) is 5.82 Å². The minimum Gasteiger partial charge on any atom is -0.387 e. The summed E-state index contributed by atoms with van der Waals surface area (Å²) in [5, 5.41) is 20.2. The van der Waals surface area contributed by atoms with Gasteiger partial charge in [-0.15, -0.1) is 0 Å². The van der Waals surface area contributed by atoms with Gasteiger partial charge in [-0.2, -0.15) is 0 Å². The van der Waals surface area contributed by atoms with Crippen LogP contribution in [0.15, 0.2) is 11.1 Å². The fraction of sp³-hybridized carbons (Fsp3) is 0.545. The highest BCUT2D eigenvalue weighted by molar-refractivity contribution is 8.06. The van der Waals surface area contributed by atoms with Gasteiger partial charge in [-0.25, -0.2) is 9.97 Å². The normalized spacial score (nSPS) is 27.9. The van der Waals surface area contributed by atoms with Crippen LogP contribution >= 0.6 is 6.72 Å². The summed E-state index contributed by atoms with van der Waals surface area (Å²) in [6.45, 7) is -2.74. The van der Waals surface area contributed by atoms with Crippen LogP contribution in [-0.2, 0) is 21.1 Å². The molecule has 11 nitrogen and oxygen atoms in total. The Hall–Kier alpha value is -1.24. The van der Waals surface area contributed by atoms with Gasteiger partial charge in [0.25, 0.3) is 5.56 Å². The highest BCUT2D eigenvalue weighted by Gasteiger charge is 2.45. The first-order valence-electron chi connectivity index (χ1n) is 6.82. The Bertz CT molecular complexity index is 864. The van der Waals surface area contributed by atoms with E-state index in [1.54, 1.807) is 6.92 Å². The van der Waals surface area contributed by atoms with Crippen molar-refractivity contribution in [2.75, 3.05) is 6.61 Å². The highest BCUT2D eigenvalue weighted by atomic mass is 32.5. The number of imidazole rings is 1. The number of ether oxygens (including phenoxy) is 1. The predicted molar refractivity (Wildman–Crippen MR) is 83.5 cm³/mol. The number of H-pyrrole nitrogens is 1. The molecule has 0 aromatic carbocycles. The number of rotatable bonds is 4.